The number of nitrogens with zero attached hydrogens (tertiary/aromatic N) is 2. The minimum Gasteiger partial charge on any atom is -0.403 e. The smallest absolute Gasteiger partial charge is 0.403 e. The molecule has 3 rings (SSSR count). The van der Waals surface area contributed by atoms with Crippen LogP contribution in [-0.4, -0.2) is 30.6 Å². The molecule has 2 aromatic rings. The SMILES string of the molecule is Fc1cc(-c2cc(N3CCC[C@@H](F)C3)ccn2)ccc1OC(F)(F)F. The number of hydrogen-bond acceptors (Lipinski definition) is 3. The highest BCUT2D eigenvalue weighted by Crippen LogP contribution is 2.30. The molecule has 0 radical (unpaired) electrons. The van der Waals surface area contributed by atoms with Crippen molar-refractivity contribution >= 4 is 5.69 Å². The summed E-state index contributed by atoms with van der Waals surface area (Å²) in [5, 5.41) is 0. The number of alkyl halides is 4. The Balaban J connectivity index is 1.84. The summed E-state index contributed by atoms with van der Waals surface area (Å²) < 4.78 is 67.6. The number of anilines is 1. The second-order valence-electron chi connectivity index (χ2n) is 5.78. The molecule has 1 aliphatic rings. The van der Waals surface area contributed by atoms with Gasteiger partial charge in [-0.2, -0.15) is 0 Å². The summed E-state index contributed by atoms with van der Waals surface area (Å²) in [5.74, 6) is -2.03. The van der Waals surface area contributed by atoms with Crippen LogP contribution in [0.4, 0.5) is 27.6 Å². The number of piperidine rings is 1. The van der Waals surface area contributed by atoms with Crippen molar-refractivity contribution in [2.75, 3.05) is 18.0 Å². The number of rotatable bonds is 3. The molecule has 134 valence electrons. The first-order chi connectivity index (χ1) is 11.8. The molecular weight excluding hydrogens is 343 g/mol. The zero-order valence-corrected chi connectivity index (χ0v) is 13.1. The van der Waals surface area contributed by atoms with Gasteiger partial charge >= 0.3 is 6.36 Å². The van der Waals surface area contributed by atoms with Crippen LogP contribution in [0.3, 0.4) is 0 Å². The van der Waals surface area contributed by atoms with Crippen LogP contribution in [0.25, 0.3) is 11.3 Å². The lowest BCUT2D eigenvalue weighted by Crippen LogP contribution is -2.36. The topological polar surface area (TPSA) is 25.4 Å². The van der Waals surface area contributed by atoms with Crippen molar-refractivity contribution in [3.8, 4) is 17.0 Å². The molecule has 1 saturated heterocycles. The number of pyridine rings is 1. The first kappa shape index (κ1) is 17.4. The van der Waals surface area contributed by atoms with Crippen molar-refractivity contribution in [1.82, 2.24) is 4.98 Å². The molecule has 3 nitrogen and oxygen atoms in total. The first-order valence-corrected chi connectivity index (χ1v) is 7.72. The van der Waals surface area contributed by atoms with Gasteiger partial charge in [0, 0.05) is 30.5 Å². The summed E-state index contributed by atoms with van der Waals surface area (Å²) in [6.45, 7) is 0.979. The highest BCUT2D eigenvalue weighted by atomic mass is 19.4. The Morgan fingerprint density at radius 1 is 1.16 bits per heavy atom. The summed E-state index contributed by atoms with van der Waals surface area (Å²) in [6.07, 6.45) is -3.10. The fourth-order valence-corrected chi connectivity index (χ4v) is 2.80. The lowest BCUT2D eigenvalue weighted by molar-refractivity contribution is -0.275. The third kappa shape index (κ3) is 4.37. The predicted octanol–water partition coefficient (Wildman–Crippen LogP) is 4.72. The van der Waals surface area contributed by atoms with E-state index in [2.05, 4.69) is 9.72 Å². The lowest BCUT2D eigenvalue weighted by atomic mass is 10.1. The molecule has 0 bridgehead atoms. The fourth-order valence-electron chi connectivity index (χ4n) is 2.80. The number of halogens is 5. The van der Waals surface area contributed by atoms with Crippen molar-refractivity contribution < 1.29 is 26.7 Å². The van der Waals surface area contributed by atoms with Crippen molar-refractivity contribution in [2.45, 2.75) is 25.4 Å². The minimum atomic E-state index is -4.96. The standard InChI is InChI=1S/C17H15F5N2O/c18-12-2-1-7-24(10-12)13-5-6-23-15(9-13)11-3-4-16(14(19)8-11)25-17(20,21)22/h3-6,8-9,12H,1-2,7,10H2/t12-/m1/s1. The van der Waals surface area contributed by atoms with Gasteiger partial charge in [0.2, 0.25) is 0 Å². The fraction of sp³-hybridized carbons (Fsp3) is 0.353. The van der Waals surface area contributed by atoms with E-state index in [9.17, 15) is 22.0 Å². The summed E-state index contributed by atoms with van der Waals surface area (Å²) in [6, 6.07) is 6.52. The molecule has 1 atom stereocenters. The maximum Gasteiger partial charge on any atom is 0.573 e. The van der Waals surface area contributed by atoms with Crippen LogP contribution in [0.15, 0.2) is 36.5 Å². The van der Waals surface area contributed by atoms with Crippen LogP contribution < -0.4 is 9.64 Å². The van der Waals surface area contributed by atoms with Gasteiger partial charge in [0.05, 0.1) is 5.69 Å². The Morgan fingerprint density at radius 3 is 2.64 bits per heavy atom. The molecule has 0 unspecified atom stereocenters. The van der Waals surface area contributed by atoms with Crippen molar-refractivity contribution in [2.24, 2.45) is 0 Å². The van der Waals surface area contributed by atoms with E-state index >= 15 is 0 Å². The Bertz CT molecular complexity index is 750. The summed E-state index contributed by atoms with van der Waals surface area (Å²) >= 11 is 0. The third-order valence-electron chi connectivity index (χ3n) is 3.93. The van der Waals surface area contributed by atoms with Gasteiger partial charge in [0.25, 0.3) is 0 Å². The van der Waals surface area contributed by atoms with E-state index in [1.807, 2.05) is 4.90 Å². The Morgan fingerprint density at radius 2 is 1.96 bits per heavy atom. The van der Waals surface area contributed by atoms with E-state index in [-0.39, 0.29) is 6.54 Å². The second kappa shape index (κ2) is 6.85. The summed E-state index contributed by atoms with van der Waals surface area (Å²) in [5.41, 5.74) is 1.43. The van der Waals surface area contributed by atoms with Crippen LogP contribution in [-0.2, 0) is 0 Å². The molecule has 1 aromatic carbocycles. The van der Waals surface area contributed by atoms with Crippen LogP contribution in [0.5, 0.6) is 5.75 Å². The Hall–Kier alpha value is -2.38. The summed E-state index contributed by atoms with van der Waals surface area (Å²) in [7, 11) is 0. The Kier molecular flexibility index (Phi) is 4.78. The molecule has 1 aromatic heterocycles. The van der Waals surface area contributed by atoms with Crippen molar-refractivity contribution in [3.05, 3.63) is 42.3 Å². The number of benzene rings is 1. The number of hydrogen-bond donors (Lipinski definition) is 0. The molecular formula is C17H15F5N2O. The maximum atomic E-state index is 13.9. The molecule has 0 aliphatic carbocycles. The molecule has 0 saturated carbocycles. The van der Waals surface area contributed by atoms with E-state index in [0.29, 0.717) is 24.2 Å². The molecule has 0 N–H and O–H groups in total. The molecule has 0 amide bonds. The number of ether oxygens (including phenoxy) is 1. The summed E-state index contributed by atoms with van der Waals surface area (Å²) in [4.78, 5) is 5.99. The first-order valence-electron chi connectivity index (χ1n) is 7.72. The Labute approximate surface area is 141 Å². The van der Waals surface area contributed by atoms with Crippen LogP contribution in [0.2, 0.25) is 0 Å². The normalized spacial score (nSPS) is 18.3. The van der Waals surface area contributed by atoms with Gasteiger partial charge in [-0.05, 0) is 43.2 Å². The molecule has 1 fully saturated rings. The van der Waals surface area contributed by atoms with Gasteiger partial charge in [-0.15, -0.1) is 13.2 Å². The quantitative estimate of drug-likeness (QED) is 0.742. The second-order valence-corrected chi connectivity index (χ2v) is 5.78. The van der Waals surface area contributed by atoms with Crippen LogP contribution in [0, 0.1) is 5.82 Å². The maximum absolute atomic E-state index is 13.9. The highest BCUT2D eigenvalue weighted by Gasteiger charge is 2.32. The molecule has 25 heavy (non-hydrogen) atoms. The molecule has 2 heterocycles. The largest absolute Gasteiger partial charge is 0.573 e. The van der Waals surface area contributed by atoms with Crippen molar-refractivity contribution in [3.63, 3.8) is 0 Å². The van der Waals surface area contributed by atoms with E-state index < -0.39 is 24.1 Å². The van der Waals surface area contributed by atoms with Crippen molar-refractivity contribution in [1.29, 1.82) is 0 Å². The number of aromatic nitrogens is 1. The minimum absolute atomic E-state index is 0.274. The van der Waals surface area contributed by atoms with E-state index in [1.54, 1.807) is 12.1 Å². The van der Waals surface area contributed by atoms with Gasteiger partial charge in [-0.1, -0.05) is 0 Å². The molecule has 8 heteroatoms. The average Bonchev–Trinajstić information content (AvgIpc) is 2.56. The van der Waals surface area contributed by atoms with E-state index in [0.717, 1.165) is 24.2 Å². The highest BCUT2D eigenvalue weighted by molar-refractivity contribution is 5.65. The zero-order valence-electron chi connectivity index (χ0n) is 13.1. The third-order valence-corrected chi connectivity index (χ3v) is 3.93. The van der Waals surface area contributed by atoms with Gasteiger partial charge in [-0.25, -0.2) is 8.78 Å². The van der Waals surface area contributed by atoms with Crippen LogP contribution >= 0.6 is 0 Å². The van der Waals surface area contributed by atoms with Gasteiger partial charge in [0.1, 0.15) is 6.17 Å². The molecule has 0 spiro atoms. The van der Waals surface area contributed by atoms with Crippen LogP contribution in [0.1, 0.15) is 12.8 Å². The van der Waals surface area contributed by atoms with E-state index in [1.165, 1.54) is 12.3 Å². The van der Waals surface area contributed by atoms with Gasteiger partial charge in [0.15, 0.2) is 11.6 Å². The average molecular weight is 358 g/mol. The van der Waals surface area contributed by atoms with Gasteiger partial charge < -0.3 is 9.64 Å². The predicted molar refractivity (Wildman–Crippen MR) is 82.7 cm³/mol. The van der Waals surface area contributed by atoms with E-state index in [4.69, 9.17) is 0 Å². The zero-order chi connectivity index (χ0) is 18.0. The monoisotopic (exact) mass is 358 g/mol. The lowest BCUT2D eigenvalue weighted by Gasteiger charge is -2.31. The van der Waals surface area contributed by atoms with Gasteiger partial charge in [-0.3, -0.25) is 4.98 Å². The molecule has 1 aliphatic heterocycles.